The number of hydrogen-bond donors (Lipinski definition) is 2. The SMILES string of the molecule is O=C(OCC1CCN(Cc2ccccc2)CC1)[C@](O)(c1ccccc1)c1cccc(O)c1. The number of likely N-dealkylation sites (tertiary alicyclic amines) is 1. The Hall–Kier alpha value is -3.15. The molecular formula is C27H29NO4. The number of nitrogens with zero attached hydrogens (tertiary/aromatic N) is 1. The first kappa shape index (κ1) is 22.1. The highest BCUT2D eigenvalue weighted by Crippen LogP contribution is 2.33. The summed E-state index contributed by atoms with van der Waals surface area (Å²) in [5.41, 5.74) is 0.0182. The number of carbonyl (C=O) groups is 1. The van der Waals surface area contributed by atoms with Crippen molar-refractivity contribution in [3.8, 4) is 5.75 Å². The summed E-state index contributed by atoms with van der Waals surface area (Å²) in [5, 5.41) is 21.4. The van der Waals surface area contributed by atoms with E-state index in [9.17, 15) is 15.0 Å². The van der Waals surface area contributed by atoms with Crippen molar-refractivity contribution in [1.29, 1.82) is 0 Å². The first-order chi connectivity index (χ1) is 15.6. The van der Waals surface area contributed by atoms with Crippen molar-refractivity contribution < 1.29 is 19.7 Å². The molecule has 0 bridgehead atoms. The largest absolute Gasteiger partial charge is 0.508 e. The number of ether oxygens (including phenoxy) is 1. The van der Waals surface area contributed by atoms with E-state index in [0.717, 1.165) is 32.5 Å². The molecule has 0 amide bonds. The highest BCUT2D eigenvalue weighted by molar-refractivity contribution is 5.85. The lowest BCUT2D eigenvalue weighted by Gasteiger charge is -2.33. The van der Waals surface area contributed by atoms with Crippen LogP contribution in [-0.2, 0) is 21.7 Å². The molecule has 1 heterocycles. The second-order valence-electron chi connectivity index (χ2n) is 8.43. The molecule has 1 saturated heterocycles. The van der Waals surface area contributed by atoms with Crippen molar-refractivity contribution in [1.82, 2.24) is 4.90 Å². The normalized spacial score (nSPS) is 16.9. The molecule has 0 radical (unpaired) electrons. The molecule has 5 nitrogen and oxygen atoms in total. The Morgan fingerprint density at radius 3 is 2.19 bits per heavy atom. The second-order valence-corrected chi connectivity index (χ2v) is 8.43. The van der Waals surface area contributed by atoms with Gasteiger partial charge in [-0.3, -0.25) is 4.90 Å². The number of phenolic OH excluding ortho intramolecular Hbond substituents is 1. The summed E-state index contributed by atoms with van der Waals surface area (Å²) in [5.74, 6) is -0.480. The van der Waals surface area contributed by atoms with E-state index in [4.69, 9.17) is 4.74 Å². The summed E-state index contributed by atoms with van der Waals surface area (Å²) in [4.78, 5) is 15.6. The van der Waals surface area contributed by atoms with Crippen LogP contribution in [0.5, 0.6) is 5.75 Å². The van der Waals surface area contributed by atoms with Crippen LogP contribution in [0.1, 0.15) is 29.5 Å². The molecule has 3 aromatic rings. The Balaban J connectivity index is 1.39. The van der Waals surface area contributed by atoms with Gasteiger partial charge in [0.2, 0.25) is 5.60 Å². The molecular weight excluding hydrogens is 402 g/mol. The summed E-state index contributed by atoms with van der Waals surface area (Å²) < 4.78 is 5.66. The minimum Gasteiger partial charge on any atom is -0.508 e. The fraction of sp³-hybridized carbons (Fsp3) is 0.296. The van der Waals surface area contributed by atoms with Crippen LogP contribution in [0.4, 0.5) is 0 Å². The van der Waals surface area contributed by atoms with Crippen LogP contribution in [0.15, 0.2) is 84.9 Å². The lowest BCUT2D eigenvalue weighted by atomic mass is 9.86. The highest BCUT2D eigenvalue weighted by Gasteiger charge is 2.42. The molecule has 1 atom stereocenters. The molecule has 5 heteroatoms. The molecule has 32 heavy (non-hydrogen) atoms. The van der Waals surface area contributed by atoms with Gasteiger partial charge in [0, 0.05) is 12.1 Å². The van der Waals surface area contributed by atoms with E-state index in [1.165, 1.54) is 17.7 Å². The summed E-state index contributed by atoms with van der Waals surface area (Å²) in [6.45, 7) is 3.10. The maximum absolute atomic E-state index is 13.2. The zero-order valence-corrected chi connectivity index (χ0v) is 18.1. The maximum Gasteiger partial charge on any atom is 0.347 e. The average molecular weight is 432 g/mol. The van der Waals surface area contributed by atoms with Gasteiger partial charge in [0.15, 0.2) is 0 Å². The van der Waals surface area contributed by atoms with E-state index in [1.807, 2.05) is 12.1 Å². The van der Waals surface area contributed by atoms with Gasteiger partial charge in [-0.2, -0.15) is 0 Å². The second kappa shape index (κ2) is 9.98. The summed E-state index contributed by atoms with van der Waals surface area (Å²) >= 11 is 0. The van der Waals surface area contributed by atoms with Gasteiger partial charge in [0.05, 0.1) is 6.61 Å². The molecule has 3 aromatic carbocycles. The Bertz CT molecular complexity index is 1020. The van der Waals surface area contributed by atoms with Crippen LogP contribution in [0, 0.1) is 5.92 Å². The number of phenols is 1. The van der Waals surface area contributed by atoms with Crippen LogP contribution < -0.4 is 0 Å². The number of benzene rings is 3. The zero-order valence-electron chi connectivity index (χ0n) is 18.1. The van der Waals surface area contributed by atoms with Gasteiger partial charge >= 0.3 is 5.97 Å². The Morgan fingerprint density at radius 2 is 1.53 bits per heavy atom. The van der Waals surface area contributed by atoms with Gasteiger partial charge in [-0.05, 0) is 55.1 Å². The molecule has 0 unspecified atom stereocenters. The van der Waals surface area contributed by atoms with Crippen LogP contribution in [-0.4, -0.2) is 40.8 Å². The number of rotatable bonds is 7. The topological polar surface area (TPSA) is 70.0 Å². The number of esters is 1. The van der Waals surface area contributed by atoms with Crippen LogP contribution in [0.25, 0.3) is 0 Å². The summed E-state index contributed by atoms with van der Waals surface area (Å²) in [6.07, 6.45) is 1.88. The average Bonchev–Trinajstić information content (AvgIpc) is 2.84. The molecule has 1 aliphatic heterocycles. The van der Waals surface area contributed by atoms with Crippen LogP contribution in [0.2, 0.25) is 0 Å². The highest BCUT2D eigenvalue weighted by atomic mass is 16.5. The van der Waals surface area contributed by atoms with Crippen molar-refractivity contribution >= 4 is 5.97 Å². The quantitative estimate of drug-likeness (QED) is 0.552. The predicted octanol–water partition coefficient (Wildman–Crippen LogP) is 4.08. The Morgan fingerprint density at radius 1 is 0.906 bits per heavy atom. The molecule has 4 rings (SSSR count). The molecule has 0 aliphatic carbocycles. The number of carbonyl (C=O) groups excluding carboxylic acids is 1. The van der Waals surface area contributed by atoms with Gasteiger partial charge in [0.1, 0.15) is 5.75 Å². The van der Waals surface area contributed by atoms with E-state index in [1.54, 1.807) is 36.4 Å². The van der Waals surface area contributed by atoms with E-state index >= 15 is 0 Å². The summed E-state index contributed by atoms with van der Waals surface area (Å²) in [6, 6.07) is 25.3. The predicted molar refractivity (Wildman–Crippen MR) is 123 cm³/mol. The molecule has 1 fully saturated rings. The first-order valence-electron chi connectivity index (χ1n) is 11.1. The number of hydrogen-bond acceptors (Lipinski definition) is 5. The first-order valence-corrected chi connectivity index (χ1v) is 11.1. The smallest absolute Gasteiger partial charge is 0.347 e. The third kappa shape index (κ3) is 5.01. The van der Waals surface area contributed by atoms with Gasteiger partial charge in [0.25, 0.3) is 0 Å². The number of piperidine rings is 1. The zero-order chi connectivity index (χ0) is 22.4. The Kier molecular flexibility index (Phi) is 6.88. The molecule has 166 valence electrons. The lowest BCUT2D eigenvalue weighted by Crippen LogP contribution is -2.40. The van der Waals surface area contributed by atoms with E-state index in [-0.39, 0.29) is 23.8 Å². The van der Waals surface area contributed by atoms with Crippen molar-refractivity contribution in [2.75, 3.05) is 19.7 Å². The van der Waals surface area contributed by atoms with Gasteiger partial charge < -0.3 is 14.9 Å². The van der Waals surface area contributed by atoms with E-state index in [2.05, 4.69) is 29.2 Å². The van der Waals surface area contributed by atoms with Gasteiger partial charge in [-0.25, -0.2) is 4.79 Å². The van der Waals surface area contributed by atoms with Gasteiger partial charge in [-0.15, -0.1) is 0 Å². The molecule has 1 aliphatic rings. The van der Waals surface area contributed by atoms with E-state index < -0.39 is 11.6 Å². The standard InChI is InChI=1S/C27H29NO4/c29-25-13-7-12-24(18-25)27(31,23-10-5-2-6-11-23)26(30)32-20-22-14-16-28(17-15-22)19-21-8-3-1-4-9-21/h1-13,18,22,29,31H,14-17,19-20H2/t27-/m0/s1. The lowest BCUT2D eigenvalue weighted by molar-refractivity contribution is -0.164. The van der Waals surface area contributed by atoms with Crippen molar-refractivity contribution in [2.24, 2.45) is 5.92 Å². The fourth-order valence-electron chi connectivity index (χ4n) is 4.26. The van der Waals surface area contributed by atoms with E-state index in [0.29, 0.717) is 5.56 Å². The van der Waals surface area contributed by atoms with Crippen molar-refractivity contribution in [3.63, 3.8) is 0 Å². The third-order valence-electron chi connectivity index (χ3n) is 6.16. The van der Waals surface area contributed by atoms with Gasteiger partial charge in [-0.1, -0.05) is 72.8 Å². The summed E-state index contributed by atoms with van der Waals surface area (Å²) in [7, 11) is 0. The van der Waals surface area contributed by atoms with Crippen molar-refractivity contribution in [3.05, 3.63) is 102 Å². The Labute approximate surface area is 188 Å². The van der Waals surface area contributed by atoms with Crippen molar-refractivity contribution in [2.45, 2.75) is 25.0 Å². The molecule has 2 N–H and O–H groups in total. The monoisotopic (exact) mass is 431 g/mol. The molecule has 0 saturated carbocycles. The number of aliphatic hydroxyl groups is 1. The number of aromatic hydroxyl groups is 1. The minimum atomic E-state index is -1.98. The molecule has 0 spiro atoms. The third-order valence-corrected chi connectivity index (χ3v) is 6.16. The maximum atomic E-state index is 13.2. The minimum absolute atomic E-state index is 0.0181. The van der Waals surface area contributed by atoms with Crippen LogP contribution >= 0.6 is 0 Å². The fourth-order valence-corrected chi connectivity index (χ4v) is 4.26. The van der Waals surface area contributed by atoms with Crippen LogP contribution in [0.3, 0.4) is 0 Å². The molecule has 0 aromatic heterocycles.